The monoisotopic (exact) mass is 1830 g/mol. The van der Waals surface area contributed by atoms with Gasteiger partial charge in [0.1, 0.15) is 22.3 Å². The Hall–Kier alpha value is -19.6. The fraction of sp³-hybridized carbons (Fsp3) is 0. The SMILES string of the molecule is c1ccc2c(c1)oc1c(-n3c4ccccc4c4c5c6cccc7c8cc9c(cc8n(c5ccc43)c76)c3cccc4c5c6c7ccc(-c8cccc%10c8c8cc%11c%12ccccc%12n%12c%13cc%14c%15c%16c(cc%17c%18ccccc%18n(c%14cc%13c(c8n%10-c8cccc%10c8oc8ccccc8%10)c%11%12)c%17%15)c8ccccc8n%16-c8cccc%10c8oc8ccccc8%10)cc7n(-c7cccc8c7oc7ccccc78)c6ccc5n9c34)cccc12. The van der Waals surface area contributed by atoms with Crippen molar-refractivity contribution in [3.05, 3.63) is 400 Å². The largest absolute Gasteiger partial charge is 0.454 e. The number of aromatic nitrogens is 8. The molecule has 658 valence electrons. The van der Waals surface area contributed by atoms with Gasteiger partial charge in [-0.15, -0.1) is 0 Å². The highest BCUT2D eigenvalue weighted by molar-refractivity contribution is 6.42. The van der Waals surface area contributed by atoms with E-state index in [1.807, 2.05) is 0 Å². The molecule has 22 aromatic carbocycles. The number of hydrogen-bond donors (Lipinski definition) is 0. The van der Waals surface area contributed by atoms with E-state index in [1.54, 1.807) is 0 Å². The Morgan fingerprint density at radius 2 is 0.438 bits per heavy atom. The second kappa shape index (κ2) is 24.9. The molecule has 0 saturated carbocycles. The topological polar surface area (TPSA) is 89.9 Å². The van der Waals surface area contributed by atoms with E-state index >= 15 is 0 Å². The zero-order valence-corrected chi connectivity index (χ0v) is 76.3. The summed E-state index contributed by atoms with van der Waals surface area (Å²) in [6.45, 7) is 0. The van der Waals surface area contributed by atoms with Crippen molar-refractivity contribution in [1.82, 2.24) is 35.9 Å². The number of benzene rings is 22. The molecule has 0 bridgehead atoms. The van der Waals surface area contributed by atoms with Gasteiger partial charge < -0.3 is 53.5 Å². The first kappa shape index (κ1) is 72.8. The van der Waals surface area contributed by atoms with Crippen LogP contribution in [0.2, 0.25) is 0 Å². The molecule has 0 aliphatic rings. The number of furan rings is 4. The molecule has 0 fully saturated rings. The zero-order valence-electron chi connectivity index (χ0n) is 76.3. The minimum Gasteiger partial charge on any atom is -0.454 e. The van der Waals surface area contributed by atoms with Gasteiger partial charge in [-0.3, -0.25) is 0 Å². The minimum absolute atomic E-state index is 0.828. The molecule has 0 unspecified atom stereocenters. The van der Waals surface area contributed by atoms with Gasteiger partial charge in [0.15, 0.2) is 22.3 Å². The van der Waals surface area contributed by atoms with Crippen LogP contribution in [0.5, 0.6) is 0 Å². The molecule has 16 aromatic heterocycles. The first-order valence-corrected chi connectivity index (χ1v) is 49.6. The number of fused-ring (bicyclic) bond motifs is 52. The normalized spacial score (nSPS) is 13.1. The lowest BCUT2D eigenvalue weighted by molar-refractivity contribution is 0.666. The summed E-state index contributed by atoms with van der Waals surface area (Å²) in [6.07, 6.45) is 0. The summed E-state index contributed by atoms with van der Waals surface area (Å²) in [4.78, 5) is 0. The average molecular weight is 1830 g/mol. The third-order valence-corrected chi connectivity index (χ3v) is 33.7. The molecule has 0 radical (unpaired) electrons. The van der Waals surface area contributed by atoms with E-state index < -0.39 is 0 Å². The fourth-order valence-electron chi connectivity index (χ4n) is 28.3. The summed E-state index contributed by atoms with van der Waals surface area (Å²) in [7, 11) is 0. The second-order valence-electron chi connectivity index (χ2n) is 40.2. The molecule has 12 nitrogen and oxygen atoms in total. The lowest BCUT2D eigenvalue weighted by Gasteiger charge is -2.11. The van der Waals surface area contributed by atoms with Crippen LogP contribution in [-0.2, 0) is 0 Å². The second-order valence-corrected chi connectivity index (χ2v) is 40.2. The predicted octanol–water partition coefficient (Wildman–Crippen LogP) is 35.9. The molecule has 0 aliphatic carbocycles. The van der Waals surface area contributed by atoms with Gasteiger partial charge in [-0.1, -0.05) is 255 Å². The molecule has 12 heteroatoms. The van der Waals surface area contributed by atoms with Crippen LogP contribution in [0.15, 0.2) is 418 Å². The minimum atomic E-state index is 0.828. The van der Waals surface area contributed by atoms with Gasteiger partial charge in [0.25, 0.3) is 0 Å². The lowest BCUT2D eigenvalue weighted by atomic mass is 9.96. The predicted molar refractivity (Wildman–Crippen MR) is 597 cm³/mol. The third kappa shape index (κ3) is 8.34. The van der Waals surface area contributed by atoms with Crippen molar-refractivity contribution in [2.24, 2.45) is 0 Å². The number of rotatable bonds is 5. The summed E-state index contributed by atoms with van der Waals surface area (Å²) in [5.41, 5.74) is 36.0. The molecule has 0 aliphatic heterocycles. The molecule has 0 N–H and O–H groups in total. The maximum absolute atomic E-state index is 7.32. The Kier molecular flexibility index (Phi) is 12.6. The van der Waals surface area contributed by atoms with E-state index in [2.05, 4.69) is 436 Å². The Bertz CT molecular complexity index is 12800. The Morgan fingerprint density at radius 3 is 0.924 bits per heavy atom. The molecular weight excluding hydrogens is 1760 g/mol. The van der Waals surface area contributed by atoms with Gasteiger partial charge in [0.05, 0.1) is 133 Å². The first-order valence-electron chi connectivity index (χ1n) is 49.6. The Labute approximate surface area is 809 Å². The molecule has 38 rings (SSSR count). The van der Waals surface area contributed by atoms with Crippen LogP contribution in [0.25, 0.3) is 361 Å². The molecule has 16 heterocycles. The van der Waals surface area contributed by atoms with Crippen molar-refractivity contribution >= 4 is 327 Å². The highest BCUT2D eigenvalue weighted by Crippen LogP contribution is 2.58. The number of nitrogens with zero attached hydrogens (tertiary/aromatic N) is 8. The molecule has 38 aromatic rings. The van der Waals surface area contributed by atoms with Crippen LogP contribution >= 0.6 is 0 Å². The summed E-state index contributed by atoms with van der Waals surface area (Å²) < 4.78 is 48.8. The molecule has 0 atom stereocenters. The van der Waals surface area contributed by atoms with Crippen LogP contribution < -0.4 is 0 Å². The van der Waals surface area contributed by atoms with Crippen molar-refractivity contribution in [1.29, 1.82) is 0 Å². The first-order chi connectivity index (χ1) is 71.5. The molecular formula is C132H66N8O4. The quantitative estimate of drug-likeness (QED) is 0.172. The van der Waals surface area contributed by atoms with Gasteiger partial charge in [-0.05, 0) is 157 Å². The zero-order chi connectivity index (χ0) is 92.2. The van der Waals surface area contributed by atoms with E-state index in [4.69, 9.17) is 17.7 Å². The smallest absolute Gasteiger partial charge is 0.159 e. The Morgan fingerprint density at radius 1 is 0.132 bits per heavy atom. The Balaban J connectivity index is 0.599. The number of para-hydroxylation sites is 14. The summed E-state index contributed by atoms with van der Waals surface area (Å²) in [5.74, 6) is 0. The van der Waals surface area contributed by atoms with Crippen LogP contribution in [-0.4, -0.2) is 35.9 Å². The van der Waals surface area contributed by atoms with Crippen molar-refractivity contribution in [2.75, 3.05) is 0 Å². The van der Waals surface area contributed by atoms with Gasteiger partial charge in [-0.25, -0.2) is 0 Å². The van der Waals surface area contributed by atoms with E-state index in [0.717, 1.165) is 209 Å². The fourth-order valence-corrected chi connectivity index (χ4v) is 28.3. The van der Waals surface area contributed by atoms with Crippen molar-refractivity contribution in [3.8, 4) is 33.9 Å². The van der Waals surface area contributed by atoms with Crippen molar-refractivity contribution in [2.45, 2.75) is 0 Å². The molecule has 144 heavy (non-hydrogen) atoms. The van der Waals surface area contributed by atoms with E-state index in [1.165, 1.54) is 152 Å². The molecule has 0 spiro atoms. The lowest BCUT2D eigenvalue weighted by Crippen LogP contribution is -1.95. The van der Waals surface area contributed by atoms with Crippen LogP contribution in [0.1, 0.15) is 0 Å². The third-order valence-electron chi connectivity index (χ3n) is 33.7. The maximum Gasteiger partial charge on any atom is 0.159 e. The molecule has 0 amide bonds. The maximum atomic E-state index is 7.32. The highest BCUT2D eigenvalue weighted by atomic mass is 16.3. The van der Waals surface area contributed by atoms with Gasteiger partial charge in [-0.2, -0.15) is 0 Å². The van der Waals surface area contributed by atoms with Crippen LogP contribution in [0, 0.1) is 0 Å². The summed E-state index contributed by atoms with van der Waals surface area (Å²) in [6, 6.07) is 150. The summed E-state index contributed by atoms with van der Waals surface area (Å²) >= 11 is 0. The molecule has 0 saturated heterocycles. The standard InChI is InChI=1S/C132H66N8O4/c1-9-41-94-69(24-1)88-61-89-70-25-2-10-42-95(70)136-110-66-92-111(65-91(110)121(126(89)136)125(88)135(94)105-48-22-37-80-74-29-7-15-52-114(74)143-131(80)105)137-96-43-11-3-26-71(96)90-62-93-116-68(32-19-45-98(116)138(128(93)122(92)127(90)137)106-49-23-38-81-75-30-8-16-53-115(75)144-132(81)106)67-54-55-83-107(60-67)134(104-47-21-36-79-73-28-6-14-51-113(73)142-130(79)104)100-57-59-102-120(118(83)100)85-40-18-34-77-87-63-108-86(64-109(87)140(102)124(77)85)76-33-17-39-84-119-101(139(108)123(76)84)58-56-99-117(119)82-31-4-12-44-97(82)133(99)103-46-20-35-78-72-27-5-13-50-112(72)141-129(78)103/h1-66H. The van der Waals surface area contributed by atoms with Crippen molar-refractivity contribution in [3.63, 3.8) is 0 Å². The van der Waals surface area contributed by atoms with Gasteiger partial charge in [0.2, 0.25) is 0 Å². The average Bonchev–Trinajstić information content (AvgIpc) is 1.52. The summed E-state index contributed by atoms with van der Waals surface area (Å²) in [5, 5.41) is 37.5. The van der Waals surface area contributed by atoms with Gasteiger partial charge >= 0.3 is 0 Å². The van der Waals surface area contributed by atoms with E-state index in [-0.39, 0.29) is 0 Å². The van der Waals surface area contributed by atoms with Crippen LogP contribution in [0.4, 0.5) is 0 Å². The highest BCUT2D eigenvalue weighted by Gasteiger charge is 2.35. The van der Waals surface area contributed by atoms with Crippen LogP contribution in [0.3, 0.4) is 0 Å². The van der Waals surface area contributed by atoms with Crippen molar-refractivity contribution < 1.29 is 17.7 Å². The van der Waals surface area contributed by atoms with Gasteiger partial charge in [0, 0.05) is 172 Å². The number of hydrogen-bond acceptors (Lipinski definition) is 4. The van der Waals surface area contributed by atoms with E-state index in [9.17, 15) is 0 Å². The van der Waals surface area contributed by atoms with E-state index in [0.29, 0.717) is 0 Å².